The van der Waals surface area contributed by atoms with Crippen LogP contribution in [0, 0.1) is 11.3 Å². The van der Waals surface area contributed by atoms with Crippen LogP contribution in [0.4, 0.5) is 0 Å². The molecule has 5 heteroatoms. The molecule has 1 aliphatic carbocycles. The van der Waals surface area contributed by atoms with E-state index in [2.05, 4.69) is 18.6 Å². The predicted molar refractivity (Wildman–Crippen MR) is 63.3 cm³/mol. The molecule has 1 fully saturated rings. The van der Waals surface area contributed by atoms with Gasteiger partial charge in [-0.15, -0.1) is 0 Å². The van der Waals surface area contributed by atoms with Crippen molar-refractivity contribution in [3.8, 4) is 0 Å². The molecule has 0 unspecified atom stereocenters. The minimum atomic E-state index is -3.46. The molecule has 0 heterocycles. The monoisotopic (exact) mass is 247 g/mol. The van der Waals surface area contributed by atoms with E-state index in [1.54, 1.807) is 13.8 Å². The van der Waals surface area contributed by atoms with E-state index in [0.717, 1.165) is 12.8 Å². The topological polar surface area (TPSA) is 63.2 Å². The number of hydrogen-bond donors (Lipinski definition) is 1. The molecule has 0 radical (unpaired) electrons. The molecule has 1 saturated carbocycles. The Bertz CT molecular complexity index is 363. The third-order valence-electron chi connectivity index (χ3n) is 3.03. The van der Waals surface area contributed by atoms with Crippen molar-refractivity contribution in [3.05, 3.63) is 0 Å². The van der Waals surface area contributed by atoms with Gasteiger partial charge in [0.1, 0.15) is 0 Å². The van der Waals surface area contributed by atoms with E-state index < -0.39 is 15.3 Å². The largest absolute Gasteiger partial charge is 0.274 e. The van der Waals surface area contributed by atoms with Crippen LogP contribution in [-0.2, 0) is 14.8 Å². The van der Waals surface area contributed by atoms with E-state index in [9.17, 15) is 13.2 Å². The quantitative estimate of drug-likeness (QED) is 0.822. The number of nitrogens with one attached hydrogen (secondary N) is 1. The lowest BCUT2D eigenvalue weighted by molar-refractivity contribution is -0.121. The van der Waals surface area contributed by atoms with Gasteiger partial charge >= 0.3 is 0 Å². The Labute approximate surface area is 97.9 Å². The van der Waals surface area contributed by atoms with E-state index in [0.29, 0.717) is 17.8 Å². The predicted octanol–water partition coefficient (Wildman–Crippen LogP) is 1.67. The lowest BCUT2D eigenvalue weighted by Crippen LogP contribution is -2.40. The van der Waals surface area contributed by atoms with E-state index in [4.69, 9.17) is 0 Å². The Balaban J connectivity index is 2.39. The molecule has 0 atom stereocenters. The Morgan fingerprint density at radius 2 is 1.88 bits per heavy atom. The van der Waals surface area contributed by atoms with Gasteiger partial charge in [-0.25, -0.2) is 8.42 Å². The smallest absolute Gasteiger partial charge is 0.237 e. The Hall–Kier alpha value is -0.580. The van der Waals surface area contributed by atoms with Gasteiger partial charge < -0.3 is 0 Å². The van der Waals surface area contributed by atoms with Crippen molar-refractivity contribution >= 4 is 15.9 Å². The molecule has 0 bridgehead atoms. The summed E-state index contributed by atoms with van der Waals surface area (Å²) in [7, 11) is -3.46. The zero-order chi connectivity index (χ0) is 12.6. The van der Waals surface area contributed by atoms with Gasteiger partial charge in [0.05, 0.1) is 5.25 Å². The number of carbonyl (C=O) groups excluding carboxylic acids is 1. The van der Waals surface area contributed by atoms with Gasteiger partial charge in [-0.3, -0.25) is 9.52 Å². The Kier molecular flexibility index (Phi) is 3.67. The van der Waals surface area contributed by atoms with Gasteiger partial charge in [-0.1, -0.05) is 13.8 Å². The van der Waals surface area contributed by atoms with E-state index in [1.165, 1.54) is 0 Å². The molecule has 0 spiro atoms. The van der Waals surface area contributed by atoms with Crippen LogP contribution in [0.5, 0.6) is 0 Å². The average Bonchev–Trinajstić information content (AvgIpc) is 1.98. The highest BCUT2D eigenvalue weighted by Crippen LogP contribution is 2.46. The number of rotatable bonds is 4. The SMILES string of the molecule is CC(C)S(=O)(=O)NC(=O)CC1CC(C)(C)C1. The lowest BCUT2D eigenvalue weighted by Gasteiger charge is -2.42. The minimum absolute atomic E-state index is 0.321. The molecule has 1 aliphatic rings. The molecule has 0 aromatic rings. The third kappa shape index (κ3) is 3.47. The van der Waals surface area contributed by atoms with Crippen molar-refractivity contribution in [1.82, 2.24) is 4.72 Å². The molecule has 4 nitrogen and oxygen atoms in total. The summed E-state index contributed by atoms with van der Waals surface area (Å²) in [4.78, 5) is 11.5. The highest BCUT2D eigenvalue weighted by atomic mass is 32.2. The maximum atomic E-state index is 11.5. The molecule has 94 valence electrons. The number of carbonyl (C=O) groups is 1. The Morgan fingerprint density at radius 3 is 2.25 bits per heavy atom. The van der Waals surface area contributed by atoms with Crippen LogP contribution in [0.3, 0.4) is 0 Å². The maximum absolute atomic E-state index is 11.5. The lowest BCUT2D eigenvalue weighted by atomic mass is 9.63. The number of amides is 1. The van der Waals surface area contributed by atoms with Crippen LogP contribution in [-0.4, -0.2) is 19.6 Å². The number of hydrogen-bond acceptors (Lipinski definition) is 3. The third-order valence-corrected chi connectivity index (χ3v) is 4.79. The average molecular weight is 247 g/mol. The van der Waals surface area contributed by atoms with Gasteiger partial charge in [0.2, 0.25) is 15.9 Å². The summed E-state index contributed by atoms with van der Waals surface area (Å²) in [6.45, 7) is 7.43. The van der Waals surface area contributed by atoms with Crippen LogP contribution in [0.2, 0.25) is 0 Å². The normalized spacial score (nSPS) is 20.6. The van der Waals surface area contributed by atoms with Crippen LogP contribution >= 0.6 is 0 Å². The fourth-order valence-corrected chi connectivity index (χ4v) is 2.86. The van der Waals surface area contributed by atoms with Crippen LogP contribution in [0.15, 0.2) is 0 Å². The summed E-state index contributed by atoms with van der Waals surface area (Å²) in [5.74, 6) is -0.0217. The first-order chi connectivity index (χ1) is 7.12. The molecule has 1 amide bonds. The fourth-order valence-electron chi connectivity index (χ4n) is 2.23. The summed E-state index contributed by atoms with van der Waals surface area (Å²) >= 11 is 0. The van der Waals surface area contributed by atoms with Crippen molar-refractivity contribution in [3.63, 3.8) is 0 Å². The van der Waals surface area contributed by atoms with E-state index in [-0.39, 0.29) is 5.91 Å². The van der Waals surface area contributed by atoms with Crippen molar-refractivity contribution in [2.75, 3.05) is 0 Å². The zero-order valence-electron chi connectivity index (χ0n) is 10.4. The van der Waals surface area contributed by atoms with Gasteiger partial charge in [0, 0.05) is 6.42 Å². The van der Waals surface area contributed by atoms with Crippen LogP contribution < -0.4 is 4.72 Å². The van der Waals surface area contributed by atoms with Gasteiger partial charge in [0.25, 0.3) is 0 Å². The van der Waals surface area contributed by atoms with Crippen LogP contribution in [0.25, 0.3) is 0 Å². The molecule has 1 rings (SSSR count). The highest BCUT2D eigenvalue weighted by Gasteiger charge is 2.37. The summed E-state index contributed by atoms with van der Waals surface area (Å²) in [5, 5.41) is -0.561. The van der Waals surface area contributed by atoms with Crippen molar-refractivity contribution in [2.45, 2.75) is 52.2 Å². The molecule has 16 heavy (non-hydrogen) atoms. The molecule has 0 aromatic heterocycles. The number of sulfonamides is 1. The second kappa shape index (κ2) is 4.35. The highest BCUT2D eigenvalue weighted by molar-refractivity contribution is 7.90. The van der Waals surface area contributed by atoms with Crippen molar-refractivity contribution in [1.29, 1.82) is 0 Å². The second-order valence-electron chi connectivity index (χ2n) is 5.76. The zero-order valence-corrected chi connectivity index (χ0v) is 11.2. The summed E-state index contributed by atoms with van der Waals surface area (Å²) < 4.78 is 25.0. The second-order valence-corrected chi connectivity index (χ2v) is 8.00. The molecule has 1 N–H and O–H groups in total. The molecule has 0 aliphatic heterocycles. The van der Waals surface area contributed by atoms with Gasteiger partial charge in [-0.05, 0) is 38.0 Å². The fraction of sp³-hybridized carbons (Fsp3) is 0.909. The van der Waals surface area contributed by atoms with Crippen molar-refractivity contribution < 1.29 is 13.2 Å². The van der Waals surface area contributed by atoms with Crippen molar-refractivity contribution in [2.24, 2.45) is 11.3 Å². The molecular weight excluding hydrogens is 226 g/mol. The summed E-state index contributed by atoms with van der Waals surface area (Å²) in [6, 6.07) is 0. The Morgan fingerprint density at radius 1 is 1.38 bits per heavy atom. The molecular formula is C11H21NO3S. The molecule has 0 saturated heterocycles. The minimum Gasteiger partial charge on any atom is -0.274 e. The van der Waals surface area contributed by atoms with E-state index >= 15 is 0 Å². The summed E-state index contributed by atoms with van der Waals surface area (Å²) in [6.07, 6.45) is 2.33. The summed E-state index contributed by atoms with van der Waals surface area (Å²) in [5.41, 5.74) is 0.321. The van der Waals surface area contributed by atoms with Crippen LogP contribution in [0.1, 0.15) is 47.0 Å². The van der Waals surface area contributed by atoms with E-state index in [1.807, 2.05) is 0 Å². The first-order valence-corrected chi connectivity index (χ1v) is 7.21. The first kappa shape index (κ1) is 13.5. The maximum Gasteiger partial charge on any atom is 0.237 e. The molecule has 0 aromatic carbocycles. The standard InChI is InChI=1S/C11H21NO3S/c1-8(2)16(14,15)12-10(13)5-9-6-11(3,4)7-9/h8-9H,5-7H2,1-4H3,(H,12,13). The van der Waals surface area contributed by atoms with Gasteiger partial charge in [-0.2, -0.15) is 0 Å². The first-order valence-electron chi connectivity index (χ1n) is 5.67. The van der Waals surface area contributed by atoms with Gasteiger partial charge in [0.15, 0.2) is 0 Å².